The molecule has 1 aliphatic heterocycles. The predicted octanol–water partition coefficient (Wildman–Crippen LogP) is 2.31. The number of allylic oxidation sites excluding steroid dienone is 1. The van der Waals surface area contributed by atoms with Gasteiger partial charge in [-0.2, -0.15) is 13.2 Å². The van der Waals surface area contributed by atoms with Gasteiger partial charge in [-0.25, -0.2) is 9.98 Å². The smallest absolute Gasteiger partial charge is 0.386 e. The first kappa shape index (κ1) is 14.9. The molecule has 2 heterocycles. The average molecular weight is 352 g/mol. The Labute approximate surface area is 121 Å². The van der Waals surface area contributed by atoms with E-state index in [1.165, 1.54) is 4.90 Å². The Morgan fingerprint density at radius 2 is 2.25 bits per heavy atom. The number of imidazole rings is 1. The summed E-state index contributed by atoms with van der Waals surface area (Å²) in [6.07, 6.45) is -1.27. The molecule has 3 N–H and O–H groups in total. The maximum absolute atomic E-state index is 12.9. The van der Waals surface area contributed by atoms with E-state index in [1.54, 1.807) is 12.4 Å². The number of amidine groups is 1. The number of aromatic amines is 1. The van der Waals surface area contributed by atoms with Crippen molar-refractivity contribution in [1.82, 2.24) is 14.9 Å². The Bertz CT molecular complexity index is 535. The molecule has 0 aliphatic carbocycles. The average Bonchev–Trinajstić information content (AvgIpc) is 2.85. The van der Waals surface area contributed by atoms with E-state index in [4.69, 9.17) is 5.73 Å². The van der Waals surface area contributed by atoms with Gasteiger partial charge in [0.25, 0.3) is 0 Å². The molecule has 110 valence electrons. The third kappa shape index (κ3) is 3.14. The fraction of sp³-hybridized carbons (Fsp3) is 0.455. The number of nitrogens with zero attached hydrogens (tertiary/aromatic N) is 3. The Kier molecular flexibility index (Phi) is 4.07. The summed E-state index contributed by atoms with van der Waals surface area (Å²) in [4.78, 5) is 11.9. The van der Waals surface area contributed by atoms with Crippen LogP contribution in [-0.4, -0.2) is 40.0 Å². The number of halogens is 4. The van der Waals surface area contributed by atoms with Crippen LogP contribution in [0.1, 0.15) is 18.7 Å². The molecular formula is C11H13BrF3N5. The highest BCUT2D eigenvalue weighted by molar-refractivity contribution is 9.11. The van der Waals surface area contributed by atoms with Gasteiger partial charge in [0.2, 0.25) is 0 Å². The van der Waals surface area contributed by atoms with Crippen molar-refractivity contribution in [2.24, 2.45) is 10.7 Å². The van der Waals surface area contributed by atoms with Crippen molar-refractivity contribution < 1.29 is 13.2 Å². The second-order valence-electron chi connectivity index (χ2n) is 4.50. The van der Waals surface area contributed by atoms with Gasteiger partial charge in [-0.3, -0.25) is 0 Å². The lowest BCUT2D eigenvalue weighted by atomic mass is 10.1. The molecule has 5 nitrogen and oxygen atoms in total. The molecule has 0 bridgehead atoms. The quantitative estimate of drug-likeness (QED) is 0.821. The number of hydrogen-bond acceptors (Lipinski definition) is 4. The molecule has 0 aromatic carbocycles. The van der Waals surface area contributed by atoms with Crippen LogP contribution in [0.4, 0.5) is 13.2 Å². The van der Waals surface area contributed by atoms with E-state index in [9.17, 15) is 13.2 Å². The third-order valence-electron chi connectivity index (χ3n) is 2.83. The van der Waals surface area contributed by atoms with E-state index in [-0.39, 0.29) is 22.9 Å². The number of nitrogens with one attached hydrogen (secondary N) is 1. The van der Waals surface area contributed by atoms with Gasteiger partial charge >= 0.3 is 6.18 Å². The van der Waals surface area contributed by atoms with Crippen LogP contribution in [0.5, 0.6) is 0 Å². The SMILES string of the molecule is CC(CN1CC(N)=NC(C(F)(F)F)=C1Br)c1ncc[nH]1. The summed E-state index contributed by atoms with van der Waals surface area (Å²) in [7, 11) is 0. The van der Waals surface area contributed by atoms with Crippen molar-refractivity contribution in [2.45, 2.75) is 19.0 Å². The van der Waals surface area contributed by atoms with Gasteiger partial charge in [-0.15, -0.1) is 0 Å². The van der Waals surface area contributed by atoms with Crippen LogP contribution in [0, 0.1) is 0 Å². The normalized spacial score (nSPS) is 18.2. The minimum Gasteiger partial charge on any atom is -0.386 e. The highest BCUT2D eigenvalue weighted by atomic mass is 79.9. The van der Waals surface area contributed by atoms with Crippen LogP contribution in [0.25, 0.3) is 0 Å². The number of rotatable bonds is 3. The zero-order chi connectivity index (χ0) is 14.9. The molecule has 1 aromatic heterocycles. The van der Waals surface area contributed by atoms with E-state index in [2.05, 4.69) is 30.9 Å². The second-order valence-corrected chi connectivity index (χ2v) is 5.25. The summed E-state index contributed by atoms with van der Waals surface area (Å²) in [5.74, 6) is 0.574. The Morgan fingerprint density at radius 1 is 1.55 bits per heavy atom. The van der Waals surface area contributed by atoms with Crippen LogP contribution in [-0.2, 0) is 0 Å². The number of aromatic nitrogens is 2. The van der Waals surface area contributed by atoms with Crippen LogP contribution >= 0.6 is 15.9 Å². The van der Waals surface area contributed by atoms with Gasteiger partial charge in [-0.05, 0) is 15.9 Å². The Hall–Kier alpha value is -1.51. The third-order valence-corrected chi connectivity index (χ3v) is 3.71. The first-order valence-corrected chi connectivity index (χ1v) is 6.62. The lowest BCUT2D eigenvalue weighted by molar-refractivity contribution is -0.0941. The largest absolute Gasteiger partial charge is 0.436 e. The van der Waals surface area contributed by atoms with E-state index < -0.39 is 11.9 Å². The number of H-pyrrole nitrogens is 1. The molecule has 1 unspecified atom stereocenters. The maximum Gasteiger partial charge on any atom is 0.436 e. The summed E-state index contributed by atoms with van der Waals surface area (Å²) in [5.41, 5.74) is 4.49. The standard InChI is InChI=1S/C11H13BrF3N5/c1-6(10-17-2-3-18-10)4-20-5-7(16)19-8(9(20)12)11(13,14)15/h2-3,6H,4-5H2,1H3,(H2,16,19)(H,17,18). The zero-order valence-electron chi connectivity index (χ0n) is 10.6. The van der Waals surface area contributed by atoms with Crippen molar-refractivity contribution in [3.63, 3.8) is 0 Å². The lowest BCUT2D eigenvalue weighted by Gasteiger charge is -2.30. The number of alkyl halides is 3. The molecule has 0 radical (unpaired) electrons. The minimum atomic E-state index is -4.55. The molecule has 0 saturated carbocycles. The van der Waals surface area contributed by atoms with Crippen molar-refractivity contribution in [3.05, 3.63) is 28.5 Å². The summed E-state index contributed by atoms with van der Waals surface area (Å²) in [6, 6.07) is 0. The second kappa shape index (κ2) is 5.47. The fourth-order valence-corrected chi connectivity index (χ4v) is 2.51. The van der Waals surface area contributed by atoms with Gasteiger partial charge < -0.3 is 15.6 Å². The van der Waals surface area contributed by atoms with Crippen LogP contribution < -0.4 is 5.73 Å². The maximum atomic E-state index is 12.9. The molecule has 1 aliphatic rings. The van der Waals surface area contributed by atoms with Gasteiger partial charge in [0.1, 0.15) is 16.3 Å². The molecule has 1 aromatic rings. The molecule has 9 heteroatoms. The lowest BCUT2D eigenvalue weighted by Crippen LogP contribution is -2.39. The first-order valence-electron chi connectivity index (χ1n) is 5.83. The Balaban J connectivity index is 2.21. The topological polar surface area (TPSA) is 70.3 Å². The molecule has 0 amide bonds. The van der Waals surface area contributed by atoms with Gasteiger partial charge in [0, 0.05) is 24.9 Å². The van der Waals surface area contributed by atoms with Crippen molar-refractivity contribution in [1.29, 1.82) is 0 Å². The van der Waals surface area contributed by atoms with Crippen molar-refractivity contribution >= 4 is 21.8 Å². The molecule has 2 rings (SSSR count). The highest BCUT2D eigenvalue weighted by Crippen LogP contribution is 2.35. The molecule has 1 atom stereocenters. The van der Waals surface area contributed by atoms with Gasteiger partial charge in [0.05, 0.1) is 6.54 Å². The number of hydrogen-bond donors (Lipinski definition) is 2. The molecule has 0 fully saturated rings. The highest BCUT2D eigenvalue weighted by Gasteiger charge is 2.40. The van der Waals surface area contributed by atoms with Crippen molar-refractivity contribution in [2.75, 3.05) is 13.1 Å². The summed E-state index contributed by atoms with van der Waals surface area (Å²) < 4.78 is 38.5. The summed E-state index contributed by atoms with van der Waals surface area (Å²) in [6.45, 7) is 2.35. The van der Waals surface area contributed by atoms with E-state index >= 15 is 0 Å². The minimum absolute atomic E-state index is 0.0628. The van der Waals surface area contributed by atoms with Gasteiger partial charge in [0.15, 0.2) is 5.70 Å². The molecule has 0 saturated heterocycles. The fourth-order valence-electron chi connectivity index (χ4n) is 1.93. The van der Waals surface area contributed by atoms with Crippen LogP contribution in [0.2, 0.25) is 0 Å². The zero-order valence-corrected chi connectivity index (χ0v) is 12.2. The van der Waals surface area contributed by atoms with E-state index in [0.29, 0.717) is 12.4 Å². The van der Waals surface area contributed by atoms with E-state index in [0.717, 1.165) is 0 Å². The van der Waals surface area contributed by atoms with E-state index in [1.807, 2.05) is 6.92 Å². The predicted molar refractivity (Wildman–Crippen MR) is 72.2 cm³/mol. The van der Waals surface area contributed by atoms with Crippen molar-refractivity contribution in [3.8, 4) is 0 Å². The summed E-state index contributed by atoms with van der Waals surface area (Å²) in [5, 5.41) is 0. The first-order chi connectivity index (χ1) is 9.29. The van der Waals surface area contributed by atoms with Gasteiger partial charge in [-0.1, -0.05) is 6.92 Å². The molecule has 20 heavy (non-hydrogen) atoms. The molecule has 0 spiro atoms. The monoisotopic (exact) mass is 351 g/mol. The Morgan fingerprint density at radius 3 is 2.80 bits per heavy atom. The molecular weight excluding hydrogens is 339 g/mol. The summed E-state index contributed by atoms with van der Waals surface area (Å²) >= 11 is 2.97. The number of aliphatic imine (C=N–C) groups is 1. The van der Waals surface area contributed by atoms with Crippen LogP contribution in [0.3, 0.4) is 0 Å². The van der Waals surface area contributed by atoms with Crippen LogP contribution in [0.15, 0.2) is 27.7 Å². The number of nitrogens with two attached hydrogens (primary N) is 1.